The van der Waals surface area contributed by atoms with Gasteiger partial charge >= 0.3 is 0 Å². The smallest absolute Gasteiger partial charge is 0.200 e. The van der Waals surface area contributed by atoms with Crippen LogP contribution in [-0.2, 0) is 9.22 Å². The molecule has 0 aromatic rings. The Kier molecular flexibility index (Phi) is 7.41. The average Bonchev–Trinajstić information content (AvgIpc) is 2.21. The number of aldehydes is 1. The van der Waals surface area contributed by atoms with Crippen LogP contribution in [-0.4, -0.2) is 21.2 Å². The zero-order chi connectivity index (χ0) is 13.5. The molecule has 0 N–H and O–H groups in total. The molecule has 0 amide bonds. The molecule has 0 aliphatic rings. The van der Waals surface area contributed by atoms with Crippen LogP contribution in [0.3, 0.4) is 0 Å². The van der Waals surface area contributed by atoms with E-state index in [1.54, 1.807) is 0 Å². The Morgan fingerprint density at radius 2 is 1.53 bits per heavy atom. The van der Waals surface area contributed by atoms with E-state index < -0.39 is 8.32 Å². The standard InChI is InChI=1S/C14H26O2Si/c1-12(2)17(13(3)4,14(5)6)16-11-9-7-8-10-15/h10,12-14H,9,11H2,1-6H3. The lowest BCUT2D eigenvalue weighted by molar-refractivity contribution is -0.103. The summed E-state index contributed by atoms with van der Waals surface area (Å²) in [7, 11) is -1.74. The van der Waals surface area contributed by atoms with Gasteiger partial charge in [-0.1, -0.05) is 47.5 Å². The predicted molar refractivity (Wildman–Crippen MR) is 75.5 cm³/mol. The van der Waals surface area contributed by atoms with Crippen LogP contribution >= 0.6 is 0 Å². The van der Waals surface area contributed by atoms with Crippen molar-refractivity contribution in [3.8, 4) is 11.8 Å². The summed E-state index contributed by atoms with van der Waals surface area (Å²) >= 11 is 0. The van der Waals surface area contributed by atoms with Crippen molar-refractivity contribution < 1.29 is 9.22 Å². The Hall–Kier alpha value is -0.593. The highest BCUT2D eigenvalue weighted by atomic mass is 28.4. The maximum atomic E-state index is 10.1. The Morgan fingerprint density at radius 1 is 1.06 bits per heavy atom. The molecule has 0 fully saturated rings. The fourth-order valence-corrected chi connectivity index (χ4v) is 8.35. The average molecular weight is 254 g/mol. The highest BCUT2D eigenvalue weighted by molar-refractivity contribution is 6.77. The first kappa shape index (κ1) is 16.4. The van der Waals surface area contributed by atoms with Crippen molar-refractivity contribution in [2.45, 2.75) is 64.6 Å². The number of carbonyl (C=O) groups is 1. The number of hydrogen-bond donors (Lipinski definition) is 0. The van der Waals surface area contributed by atoms with Gasteiger partial charge in [0.2, 0.25) is 0 Å². The second kappa shape index (κ2) is 7.68. The predicted octanol–water partition coefficient (Wildman–Crippen LogP) is 3.77. The van der Waals surface area contributed by atoms with E-state index in [0.29, 0.717) is 35.9 Å². The summed E-state index contributed by atoms with van der Waals surface area (Å²) in [6, 6.07) is 0. The lowest BCUT2D eigenvalue weighted by Gasteiger charge is -2.42. The minimum atomic E-state index is -1.74. The van der Waals surface area contributed by atoms with E-state index in [4.69, 9.17) is 4.43 Å². The molecule has 0 aromatic heterocycles. The number of rotatable bonds is 6. The Balaban J connectivity index is 4.64. The summed E-state index contributed by atoms with van der Waals surface area (Å²) in [4.78, 5) is 10.1. The van der Waals surface area contributed by atoms with Gasteiger partial charge in [0.05, 0.1) is 0 Å². The number of carbonyl (C=O) groups excluding carboxylic acids is 1. The van der Waals surface area contributed by atoms with Gasteiger partial charge in [-0.3, -0.25) is 4.79 Å². The fourth-order valence-electron chi connectivity index (χ4n) is 2.89. The number of hydrogen-bond acceptors (Lipinski definition) is 2. The second-order valence-electron chi connectivity index (χ2n) is 5.36. The van der Waals surface area contributed by atoms with Crippen molar-refractivity contribution >= 4 is 14.6 Å². The molecule has 0 aromatic carbocycles. The summed E-state index contributed by atoms with van der Waals surface area (Å²) in [6.07, 6.45) is 1.29. The third kappa shape index (κ3) is 4.29. The van der Waals surface area contributed by atoms with Crippen LogP contribution in [0.2, 0.25) is 16.6 Å². The third-order valence-electron chi connectivity index (χ3n) is 3.45. The quantitative estimate of drug-likeness (QED) is 0.312. The van der Waals surface area contributed by atoms with Gasteiger partial charge in [0.1, 0.15) is 0 Å². The molecule has 0 atom stereocenters. The van der Waals surface area contributed by atoms with E-state index in [9.17, 15) is 4.79 Å². The van der Waals surface area contributed by atoms with Gasteiger partial charge in [0.15, 0.2) is 14.6 Å². The minimum Gasteiger partial charge on any atom is -0.415 e. The van der Waals surface area contributed by atoms with Crippen LogP contribution in [0.5, 0.6) is 0 Å². The minimum absolute atomic E-state index is 0.599. The van der Waals surface area contributed by atoms with E-state index in [0.717, 1.165) is 0 Å². The Morgan fingerprint density at radius 3 is 1.88 bits per heavy atom. The summed E-state index contributed by atoms with van der Waals surface area (Å²) in [5.74, 6) is 5.23. The maximum Gasteiger partial charge on any atom is 0.200 e. The zero-order valence-electron chi connectivity index (χ0n) is 12.0. The molecule has 0 radical (unpaired) electrons. The van der Waals surface area contributed by atoms with Gasteiger partial charge in [0.25, 0.3) is 0 Å². The van der Waals surface area contributed by atoms with Gasteiger partial charge in [-0.15, -0.1) is 0 Å². The van der Waals surface area contributed by atoms with E-state index in [2.05, 4.69) is 53.4 Å². The largest absolute Gasteiger partial charge is 0.415 e. The molecule has 0 aliphatic heterocycles. The summed E-state index contributed by atoms with van der Waals surface area (Å²) in [6.45, 7) is 14.3. The molecule has 0 heterocycles. The van der Waals surface area contributed by atoms with Crippen LogP contribution in [0.4, 0.5) is 0 Å². The van der Waals surface area contributed by atoms with Crippen molar-refractivity contribution in [1.29, 1.82) is 0 Å². The van der Waals surface area contributed by atoms with E-state index in [1.165, 1.54) is 0 Å². The molecule has 0 unspecified atom stereocenters. The van der Waals surface area contributed by atoms with Gasteiger partial charge < -0.3 is 4.43 Å². The lowest BCUT2D eigenvalue weighted by Crippen LogP contribution is -2.47. The second-order valence-corrected chi connectivity index (χ2v) is 10.8. The van der Waals surface area contributed by atoms with Crippen molar-refractivity contribution in [1.82, 2.24) is 0 Å². The Bertz CT molecular complexity index is 263. The fraction of sp³-hybridized carbons (Fsp3) is 0.786. The van der Waals surface area contributed by atoms with Crippen LogP contribution in [0.15, 0.2) is 0 Å². The maximum absolute atomic E-state index is 10.1. The van der Waals surface area contributed by atoms with E-state index >= 15 is 0 Å². The van der Waals surface area contributed by atoms with Crippen molar-refractivity contribution in [3.05, 3.63) is 0 Å². The van der Waals surface area contributed by atoms with Crippen molar-refractivity contribution in [3.63, 3.8) is 0 Å². The Labute approximate surface area is 107 Å². The highest BCUT2D eigenvalue weighted by Crippen LogP contribution is 2.42. The van der Waals surface area contributed by atoms with E-state index in [-0.39, 0.29) is 0 Å². The van der Waals surface area contributed by atoms with Crippen molar-refractivity contribution in [2.24, 2.45) is 0 Å². The molecule has 0 bridgehead atoms. The lowest BCUT2D eigenvalue weighted by atomic mass is 10.4. The summed E-state index contributed by atoms with van der Waals surface area (Å²) in [5.41, 5.74) is 1.80. The normalized spacial score (nSPS) is 11.8. The third-order valence-corrected chi connectivity index (χ3v) is 9.57. The van der Waals surface area contributed by atoms with Gasteiger partial charge in [-0.25, -0.2) is 0 Å². The molecule has 3 heteroatoms. The van der Waals surface area contributed by atoms with Gasteiger partial charge in [-0.05, 0) is 22.5 Å². The molecular weight excluding hydrogens is 228 g/mol. The molecule has 17 heavy (non-hydrogen) atoms. The zero-order valence-corrected chi connectivity index (χ0v) is 13.0. The first-order valence-corrected chi connectivity index (χ1v) is 8.59. The molecule has 0 saturated heterocycles. The van der Waals surface area contributed by atoms with Crippen LogP contribution in [0.25, 0.3) is 0 Å². The van der Waals surface area contributed by atoms with Gasteiger partial charge in [0, 0.05) is 13.0 Å². The molecular formula is C14H26O2Si. The monoisotopic (exact) mass is 254 g/mol. The van der Waals surface area contributed by atoms with Crippen LogP contribution in [0, 0.1) is 11.8 Å². The highest BCUT2D eigenvalue weighted by Gasteiger charge is 2.44. The molecule has 0 aliphatic carbocycles. The topological polar surface area (TPSA) is 26.3 Å². The van der Waals surface area contributed by atoms with Crippen LogP contribution < -0.4 is 0 Å². The van der Waals surface area contributed by atoms with E-state index in [1.807, 2.05) is 0 Å². The molecule has 2 nitrogen and oxygen atoms in total. The SMILES string of the molecule is CC(C)[Si](OCCC#CC=O)(C(C)C)C(C)C. The van der Waals surface area contributed by atoms with Crippen LogP contribution in [0.1, 0.15) is 48.0 Å². The summed E-state index contributed by atoms with van der Waals surface area (Å²) in [5, 5.41) is 0. The molecule has 0 rings (SSSR count). The van der Waals surface area contributed by atoms with Gasteiger partial charge in [-0.2, -0.15) is 0 Å². The molecule has 0 spiro atoms. The first-order valence-electron chi connectivity index (χ1n) is 6.45. The first-order chi connectivity index (χ1) is 7.89. The summed E-state index contributed by atoms with van der Waals surface area (Å²) < 4.78 is 6.28. The van der Waals surface area contributed by atoms with Crippen molar-refractivity contribution in [2.75, 3.05) is 6.61 Å². The molecule has 98 valence electrons. The molecule has 0 saturated carbocycles.